The van der Waals surface area contributed by atoms with Crippen molar-refractivity contribution in [1.82, 2.24) is 20.3 Å². The van der Waals surface area contributed by atoms with Crippen molar-refractivity contribution in [1.29, 1.82) is 5.26 Å². The second kappa shape index (κ2) is 15.8. The van der Waals surface area contributed by atoms with Crippen LogP contribution >= 0.6 is 0 Å². The molecule has 246 valence electrons. The summed E-state index contributed by atoms with van der Waals surface area (Å²) in [6, 6.07) is 14.4. The van der Waals surface area contributed by atoms with Gasteiger partial charge in [0.05, 0.1) is 35.6 Å². The number of nitrogens with one attached hydrogen (secondary N) is 3. The van der Waals surface area contributed by atoms with Crippen LogP contribution in [0.15, 0.2) is 54.6 Å². The van der Waals surface area contributed by atoms with E-state index in [-0.39, 0.29) is 18.8 Å². The van der Waals surface area contributed by atoms with Crippen LogP contribution in [0.25, 0.3) is 0 Å². The smallest absolute Gasteiger partial charge is 0.410 e. The highest BCUT2D eigenvalue weighted by Crippen LogP contribution is 2.16. The SMILES string of the molecule is CC(OC(C)(C)C)C(NS(=O)(=O)Cc1ccccc1)C(=O)NC(CN(C)C(=O)OC(C)(C)C)C(=O)NCc1ccc(C#N)cc1. The van der Waals surface area contributed by atoms with Crippen LogP contribution < -0.4 is 15.4 Å². The molecule has 0 saturated heterocycles. The van der Waals surface area contributed by atoms with Crippen LogP contribution in [0.2, 0.25) is 0 Å². The molecule has 0 aromatic heterocycles. The van der Waals surface area contributed by atoms with Gasteiger partial charge in [0.15, 0.2) is 0 Å². The standard InChI is InChI=1S/C32H45N5O7S/c1-22(43-31(2,3)4)27(36-45(41,42)21-25-12-10-9-11-13-25)29(39)35-26(20-37(8)30(40)44-32(5,6)7)28(38)34-19-24-16-14-23(18-33)15-17-24/h9-17,22,26-27,36H,19-21H2,1-8H3,(H,34,38)(H,35,39). The highest BCUT2D eigenvalue weighted by molar-refractivity contribution is 7.88. The second-order valence-corrected chi connectivity index (χ2v) is 14.5. The van der Waals surface area contributed by atoms with Crippen molar-refractivity contribution in [3.63, 3.8) is 0 Å². The lowest BCUT2D eigenvalue weighted by Gasteiger charge is -2.32. The molecule has 0 aliphatic heterocycles. The Labute approximate surface area is 266 Å². The lowest BCUT2D eigenvalue weighted by Crippen LogP contribution is -2.60. The zero-order valence-corrected chi connectivity index (χ0v) is 28.0. The summed E-state index contributed by atoms with van der Waals surface area (Å²) in [4.78, 5) is 41.1. The van der Waals surface area contributed by atoms with Crippen LogP contribution in [-0.4, -0.2) is 74.2 Å². The monoisotopic (exact) mass is 643 g/mol. The summed E-state index contributed by atoms with van der Waals surface area (Å²) in [6.45, 7) is 11.8. The molecule has 0 aliphatic carbocycles. The number of hydrogen-bond donors (Lipinski definition) is 3. The summed E-state index contributed by atoms with van der Waals surface area (Å²) < 4.78 is 40.2. The fraction of sp³-hybridized carbons (Fsp3) is 0.500. The van der Waals surface area contributed by atoms with Gasteiger partial charge >= 0.3 is 6.09 Å². The maximum absolute atomic E-state index is 13.8. The van der Waals surface area contributed by atoms with E-state index < -0.39 is 57.3 Å². The van der Waals surface area contributed by atoms with Gasteiger partial charge in [-0.05, 0) is 71.7 Å². The number of rotatable bonds is 13. The Morgan fingerprint density at radius 3 is 2.04 bits per heavy atom. The highest BCUT2D eigenvalue weighted by atomic mass is 32.2. The van der Waals surface area contributed by atoms with Gasteiger partial charge in [-0.15, -0.1) is 0 Å². The van der Waals surface area contributed by atoms with Gasteiger partial charge in [-0.25, -0.2) is 13.2 Å². The summed E-state index contributed by atoms with van der Waals surface area (Å²) in [7, 11) is -2.62. The molecular formula is C32H45N5O7S. The van der Waals surface area contributed by atoms with Crippen molar-refractivity contribution in [3.8, 4) is 6.07 Å². The van der Waals surface area contributed by atoms with E-state index in [1.54, 1.807) is 103 Å². The fourth-order valence-corrected chi connectivity index (χ4v) is 5.57. The number of amides is 3. The zero-order chi connectivity index (χ0) is 34.0. The minimum absolute atomic E-state index is 0.0732. The van der Waals surface area contributed by atoms with Gasteiger partial charge < -0.3 is 25.0 Å². The van der Waals surface area contributed by atoms with E-state index in [9.17, 15) is 22.8 Å². The van der Waals surface area contributed by atoms with E-state index in [1.165, 1.54) is 7.05 Å². The average molecular weight is 644 g/mol. The number of carbonyl (C=O) groups excluding carboxylic acids is 3. The Kier molecular flexibility index (Phi) is 13.1. The molecule has 3 unspecified atom stereocenters. The van der Waals surface area contributed by atoms with E-state index in [2.05, 4.69) is 15.4 Å². The Morgan fingerprint density at radius 2 is 1.51 bits per heavy atom. The number of sulfonamides is 1. The molecule has 0 bridgehead atoms. The highest BCUT2D eigenvalue weighted by Gasteiger charge is 2.36. The molecule has 3 amide bonds. The van der Waals surface area contributed by atoms with Gasteiger partial charge in [-0.3, -0.25) is 9.59 Å². The first-order chi connectivity index (χ1) is 20.8. The molecule has 0 aliphatic rings. The molecule has 3 atom stereocenters. The van der Waals surface area contributed by atoms with Crippen LogP contribution in [0.4, 0.5) is 4.79 Å². The third kappa shape index (κ3) is 13.7. The normalized spacial score (nSPS) is 13.9. The molecule has 13 heteroatoms. The van der Waals surface area contributed by atoms with Crippen molar-refractivity contribution < 1.29 is 32.3 Å². The number of benzene rings is 2. The summed E-state index contributed by atoms with van der Waals surface area (Å²) in [5.41, 5.74) is 0.155. The van der Waals surface area contributed by atoms with Crippen LogP contribution in [0.1, 0.15) is 65.2 Å². The van der Waals surface area contributed by atoms with E-state index in [4.69, 9.17) is 14.7 Å². The first-order valence-electron chi connectivity index (χ1n) is 14.5. The third-order valence-electron chi connectivity index (χ3n) is 6.14. The lowest BCUT2D eigenvalue weighted by molar-refractivity contribution is -0.135. The molecule has 2 aromatic rings. The van der Waals surface area contributed by atoms with Gasteiger partial charge in [0.25, 0.3) is 0 Å². The molecule has 0 heterocycles. The van der Waals surface area contributed by atoms with Crippen LogP contribution in [-0.2, 0) is 41.4 Å². The largest absolute Gasteiger partial charge is 0.444 e. The number of likely N-dealkylation sites (N-methyl/N-ethyl adjacent to an activating group) is 1. The van der Waals surface area contributed by atoms with Crippen LogP contribution in [0.5, 0.6) is 0 Å². The molecule has 3 N–H and O–H groups in total. The minimum Gasteiger partial charge on any atom is -0.444 e. The molecule has 45 heavy (non-hydrogen) atoms. The van der Waals surface area contributed by atoms with Gasteiger partial charge in [0.1, 0.15) is 17.7 Å². The van der Waals surface area contributed by atoms with E-state index in [0.29, 0.717) is 16.7 Å². The molecule has 0 spiro atoms. The van der Waals surface area contributed by atoms with Gasteiger partial charge in [-0.2, -0.15) is 9.98 Å². The van der Waals surface area contributed by atoms with Gasteiger partial charge in [0.2, 0.25) is 21.8 Å². The predicted octanol–water partition coefficient (Wildman–Crippen LogP) is 3.22. The molecule has 0 saturated carbocycles. The van der Waals surface area contributed by atoms with Crippen molar-refractivity contribution in [2.45, 2.75) is 90.2 Å². The minimum atomic E-state index is -4.04. The zero-order valence-electron chi connectivity index (χ0n) is 27.2. The number of hydrogen-bond acceptors (Lipinski definition) is 8. The number of nitrogens with zero attached hydrogens (tertiary/aromatic N) is 2. The van der Waals surface area contributed by atoms with Crippen molar-refractivity contribution in [2.24, 2.45) is 0 Å². The Balaban J connectivity index is 2.34. The molecule has 12 nitrogen and oxygen atoms in total. The summed E-state index contributed by atoms with van der Waals surface area (Å²) in [5.74, 6) is -1.83. The maximum Gasteiger partial charge on any atom is 0.410 e. The molecule has 0 radical (unpaired) electrons. The van der Waals surface area contributed by atoms with Crippen molar-refractivity contribution in [2.75, 3.05) is 13.6 Å². The Hall–Kier alpha value is -3.99. The second-order valence-electron chi connectivity index (χ2n) is 12.7. The van der Waals surface area contributed by atoms with Crippen LogP contribution in [0.3, 0.4) is 0 Å². The summed E-state index contributed by atoms with van der Waals surface area (Å²) >= 11 is 0. The predicted molar refractivity (Wildman–Crippen MR) is 170 cm³/mol. The molecule has 2 rings (SSSR count). The molecule has 0 fully saturated rings. The first kappa shape index (κ1) is 37.2. The Morgan fingerprint density at radius 1 is 0.911 bits per heavy atom. The molecule has 2 aromatic carbocycles. The van der Waals surface area contributed by atoms with Crippen LogP contribution in [0, 0.1) is 11.3 Å². The van der Waals surface area contributed by atoms with E-state index in [0.717, 1.165) is 4.90 Å². The molecular weight excluding hydrogens is 598 g/mol. The lowest BCUT2D eigenvalue weighted by atomic mass is 10.1. The third-order valence-corrected chi connectivity index (χ3v) is 7.47. The number of ether oxygens (including phenoxy) is 2. The van der Waals surface area contributed by atoms with Crippen molar-refractivity contribution >= 4 is 27.9 Å². The maximum atomic E-state index is 13.8. The van der Waals surface area contributed by atoms with Gasteiger partial charge in [-0.1, -0.05) is 42.5 Å². The quantitative estimate of drug-likeness (QED) is 0.299. The number of nitriles is 1. The number of carbonyl (C=O) groups is 3. The topological polar surface area (TPSA) is 167 Å². The van der Waals surface area contributed by atoms with E-state index >= 15 is 0 Å². The first-order valence-corrected chi connectivity index (χ1v) is 16.2. The average Bonchev–Trinajstić information content (AvgIpc) is 2.92. The van der Waals surface area contributed by atoms with E-state index in [1.807, 2.05) is 6.07 Å². The fourth-order valence-electron chi connectivity index (χ4n) is 4.17. The van der Waals surface area contributed by atoms with Crippen molar-refractivity contribution in [3.05, 3.63) is 71.3 Å². The summed E-state index contributed by atoms with van der Waals surface area (Å²) in [5, 5.41) is 14.4. The summed E-state index contributed by atoms with van der Waals surface area (Å²) in [6.07, 6.45) is -1.66. The Bertz CT molecular complexity index is 1440. The van der Waals surface area contributed by atoms with Gasteiger partial charge in [0, 0.05) is 13.6 Å².